The van der Waals surface area contributed by atoms with Crippen LogP contribution in [0.2, 0.25) is 0 Å². The van der Waals surface area contributed by atoms with Crippen LogP contribution in [0.3, 0.4) is 0 Å². The summed E-state index contributed by atoms with van der Waals surface area (Å²) in [4.78, 5) is 4.48. The van der Waals surface area contributed by atoms with E-state index in [2.05, 4.69) is 0 Å². The van der Waals surface area contributed by atoms with Crippen molar-refractivity contribution in [2.24, 2.45) is 0 Å². The summed E-state index contributed by atoms with van der Waals surface area (Å²) in [6.07, 6.45) is -7.48. The van der Waals surface area contributed by atoms with Gasteiger partial charge in [-0.2, -0.15) is 13.2 Å². The van der Waals surface area contributed by atoms with Crippen molar-refractivity contribution < 1.29 is 28.5 Å². The zero-order valence-corrected chi connectivity index (χ0v) is 16.8. The van der Waals surface area contributed by atoms with Crippen molar-refractivity contribution in [1.29, 1.82) is 0 Å². The summed E-state index contributed by atoms with van der Waals surface area (Å²) >= 11 is 1.38. The Hall–Kier alpha value is -1.78. The lowest BCUT2D eigenvalue weighted by atomic mass is 10.1. The fourth-order valence-corrected chi connectivity index (χ4v) is 4.41. The van der Waals surface area contributed by atoms with Gasteiger partial charge in [-0.25, -0.2) is 0 Å². The Kier molecular flexibility index (Phi) is 6.45. The molecule has 9 heteroatoms. The molecule has 0 spiro atoms. The highest BCUT2D eigenvalue weighted by atomic mass is 32.2. The number of benzene rings is 2. The molecule has 0 aromatic heterocycles. The van der Waals surface area contributed by atoms with Gasteiger partial charge in [0.2, 0.25) is 0 Å². The van der Waals surface area contributed by atoms with Crippen LogP contribution in [0.25, 0.3) is 0 Å². The SMILES string of the molecule is CC(O)N(CC(O)CN1c2ccccc2Sc2ccc(C(F)(F)F)cc21)C(C)O. The molecular weight excluding hydrogens is 405 g/mol. The number of aliphatic hydroxyl groups excluding tert-OH is 3. The molecule has 29 heavy (non-hydrogen) atoms. The van der Waals surface area contributed by atoms with E-state index in [1.165, 1.54) is 36.6 Å². The maximum atomic E-state index is 13.3. The number of alkyl halides is 3. The summed E-state index contributed by atoms with van der Waals surface area (Å²) in [6.45, 7) is 2.89. The topological polar surface area (TPSA) is 67.2 Å². The Morgan fingerprint density at radius 3 is 2.21 bits per heavy atom. The van der Waals surface area contributed by atoms with Crippen LogP contribution in [-0.4, -0.2) is 51.9 Å². The van der Waals surface area contributed by atoms with E-state index in [1.807, 2.05) is 12.1 Å². The first-order valence-corrected chi connectivity index (χ1v) is 9.95. The molecule has 0 radical (unpaired) electrons. The van der Waals surface area contributed by atoms with Gasteiger partial charge < -0.3 is 20.2 Å². The van der Waals surface area contributed by atoms with Gasteiger partial charge in [0.15, 0.2) is 0 Å². The van der Waals surface area contributed by atoms with Crippen molar-refractivity contribution in [2.45, 2.75) is 48.4 Å². The molecule has 1 aliphatic rings. The first kappa shape index (κ1) is 21.9. The molecule has 158 valence electrons. The predicted molar refractivity (Wildman–Crippen MR) is 105 cm³/mol. The highest BCUT2D eigenvalue weighted by Gasteiger charge is 2.34. The third-order valence-electron chi connectivity index (χ3n) is 4.73. The summed E-state index contributed by atoms with van der Waals surface area (Å²) in [5, 5.41) is 30.2. The molecule has 5 nitrogen and oxygen atoms in total. The summed E-state index contributed by atoms with van der Waals surface area (Å²) in [6, 6.07) is 10.9. The van der Waals surface area contributed by atoms with Gasteiger partial charge in [0.05, 0.1) is 29.6 Å². The molecule has 0 aliphatic carbocycles. The lowest BCUT2D eigenvalue weighted by Gasteiger charge is -2.36. The second kappa shape index (κ2) is 8.53. The van der Waals surface area contributed by atoms with Gasteiger partial charge in [0.1, 0.15) is 12.5 Å². The van der Waals surface area contributed by atoms with E-state index < -0.39 is 30.3 Å². The Morgan fingerprint density at radius 1 is 0.966 bits per heavy atom. The van der Waals surface area contributed by atoms with Gasteiger partial charge in [-0.1, -0.05) is 23.9 Å². The molecule has 2 aromatic rings. The van der Waals surface area contributed by atoms with Crippen molar-refractivity contribution in [2.75, 3.05) is 18.0 Å². The zero-order chi connectivity index (χ0) is 21.3. The maximum Gasteiger partial charge on any atom is 0.416 e. The fourth-order valence-electron chi connectivity index (χ4n) is 3.33. The number of fused-ring (bicyclic) bond motifs is 2. The van der Waals surface area contributed by atoms with Gasteiger partial charge in [0, 0.05) is 16.3 Å². The lowest BCUT2D eigenvalue weighted by Crippen LogP contribution is -2.47. The zero-order valence-electron chi connectivity index (χ0n) is 16.0. The average molecular weight is 428 g/mol. The Morgan fingerprint density at radius 2 is 1.59 bits per heavy atom. The largest absolute Gasteiger partial charge is 0.416 e. The van der Waals surface area contributed by atoms with Gasteiger partial charge >= 0.3 is 6.18 Å². The van der Waals surface area contributed by atoms with Crippen LogP contribution in [0, 0.1) is 0 Å². The maximum absolute atomic E-state index is 13.3. The summed E-state index contributed by atoms with van der Waals surface area (Å²) < 4.78 is 39.8. The number of hydrogen-bond acceptors (Lipinski definition) is 6. The van der Waals surface area contributed by atoms with E-state index in [1.54, 1.807) is 17.0 Å². The van der Waals surface area contributed by atoms with Crippen LogP contribution in [0.1, 0.15) is 19.4 Å². The van der Waals surface area contributed by atoms with Crippen molar-refractivity contribution in [3.8, 4) is 0 Å². The van der Waals surface area contributed by atoms with Crippen molar-refractivity contribution in [1.82, 2.24) is 4.90 Å². The van der Waals surface area contributed by atoms with Gasteiger partial charge in [-0.3, -0.25) is 4.90 Å². The highest BCUT2D eigenvalue weighted by Crippen LogP contribution is 2.49. The predicted octanol–water partition coefficient (Wildman–Crippen LogP) is 3.65. The van der Waals surface area contributed by atoms with Crippen LogP contribution in [0.4, 0.5) is 24.5 Å². The van der Waals surface area contributed by atoms with Crippen LogP contribution < -0.4 is 4.90 Å². The lowest BCUT2D eigenvalue weighted by molar-refractivity contribution is -0.137. The number of aliphatic hydroxyl groups is 3. The summed E-state index contributed by atoms with van der Waals surface area (Å²) in [5.41, 5.74) is 0.303. The second-order valence-corrected chi connectivity index (χ2v) is 8.06. The molecule has 1 heterocycles. The van der Waals surface area contributed by atoms with E-state index >= 15 is 0 Å². The average Bonchev–Trinajstić information content (AvgIpc) is 2.64. The van der Waals surface area contributed by atoms with Gasteiger partial charge in [-0.15, -0.1) is 0 Å². The standard InChI is InChI=1S/C20H23F3N2O3S/c1-12(26)24(13(2)27)10-15(28)11-25-16-5-3-4-6-18(16)29-19-8-7-14(9-17(19)25)20(21,22)23/h3-9,12-13,15,26-28H,10-11H2,1-2H3. The smallest absolute Gasteiger partial charge is 0.390 e. The Labute approximate surface area is 171 Å². The molecule has 3 N–H and O–H groups in total. The monoisotopic (exact) mass is 428 g/mol. The molecule has 0 saturated heterocycles. The minimum Gasteiger partial charge on any atom is -0.390 e. The van der Waals surface area contributed by atoms with Gasteiger partial charge in [0.25, 0.3) is 0 Å². The number of para-hydroxylation sites is 1. The molecule has 0 fully saturated rings. The van der Waals surface area contributed by atoms with Gasteiger partial charge in [-0.05, 0) is 44.2 Å². The Balaban J connectivity index is 1.95. The number of hydrogen-bond donors (Lipinski definition) is 3. The molecule has 2 aromatic carbocycles. The van der Waals surface area contributed by atoms with Crippen molar-refractivity contribution >= 4 is 23.1 Å². The number of β-amino-alcohol motifs (C(OH)–C–C–N with tert-alkyl or cyclic N) is 1. The summed E-state index contributed by atoms with van der Waals surface area (Å²) in [7, 11) is 0. The minimum absolute atomic E-state index is 0.00181. The minimum atomic E-state index is -4.48. The summed E-state index contributed by atoms with van der Waals surface area (Å²) in [5.74, 6) is 0. The third kappa shape index (κ3) is 4.87. The number of nitrogens with zero attached hydrogens (tertiary/aromatic N) is 2. The fraction of sp³-hybridized carbons (Fsp3) is 0.400. The van der Waals surface area contributed by atoms with Crippen molar-refractivity contribution in [3.63, 3.8) is 0 Å². The normalized spacial score (nSPS) is 16.9. The van der Waals surface area contributed by atoms with E-state index in [0.29, 0.717) is 16.3 Å². The number of halogens is 3. The molecular formula is C20H23F3N2O3S. The first-order chi connectivity index (χ1) is 13.6. The number of rotatable bonds is 6. The van der Waals surface area contributed by atoms with E-state index in [0.717, 1.165) is 17.0 Å². The quantitative estimate of drug-likeness (QED) is 0.611. The van der Waals surface area contributed by atoms with Crippen LogP contribution in [0.15, 0.2) is 52.3 Å². The molecule has 3 atom stereocenters. The third-order valence-corrected chi connectivity index (χ3v) is 5.86. The van der Waals surface area contributed by atoms with E-state index in [-0.39, 0.29) is 13.1 Å². The molecule has 3 unspecified atom stereocenters. The van der Waals surface area contributed by atoms with E-state index in [9.17, 15) is 28.5 Å². The van der Waals surface area contributed by atoms with Crippen LogP contribution >= 0.6 is 11.8 Å². The first-order valence-electron chi connectivity index (χ1n) is 9.13. The molecule has 0 amide bonds. The molecule has 3 rings (SSSR count). The highest BCUT2D eigenvalue weighted by molar-refractivity contribution is 7.99. The molecule has 0 bridgehead atoms. The van der Waals surface area contributed by atoms with E-state index in [4.69, 9.17) is 0 Å². The molecule has 0 saturated carbocycles. The second-order valence-electron chi connectivity index (χ2n) is 6.98. The van der Waals surface area contributed by atoms with Crippen molar-refractivity contribution in [3.05, 3.63) is 48.0 Å². The number of anilines is 2. The molecule has 1 aliphatic heterocycles. The van der Waals surface area contributed by atoms with Crippen LogP contribution in [0.5, 0.6) is 0 Å². The van der Waals surface area contributed by atoms with Crippen LogP contribution in [-0.2, 0) is 6.18 Å². The Bertz CT molecular complexity index is 853.